The number of aromatic amines is 1. The molecule has 0 aliphatic rings. The minimum Gasteiger partial charge on any atom is -0.378 e. The van der Waals surface area contributed by atoms with Crippen molar-refractivity contribution in [1.29, 1.82) is 0 Å². The van der Waals surface area contributed by atoms with E-state index in [1.54, 1.807) is 7.11 Å². The van der Waals surface area contributed by atoms with Gasteiger partial charge in [0, 0.05) is 25.3 Å². The van der Waals surface area contributed by atoms with Gasteiger partial charge in [-0.15, -0.1) is 0 Å². The maximum Gasteiger partial charge on any atom is 0.108 e. The minimum absolute atomic E-state index is 0.0351. The summed E-state index contributed by atoms with van der Waals surface area (Å²) in [5.74, 6) is 0.913. The normalized spacial score (nSPS) is 12.6. The quantitative estimate of drug-likeness (QED) is 0.848. The van der Waals surface area contributed by atoms with Crippen LogP contribution in [0.2, 0.25) is 0 Å². The molecule has 0 amide bonds. The van der Waals surface area contributed by atoms with E-state index in [1.165, 1.54) is 0 Å². The van der Waals surface area contributed by atoms with Crippen LogP contribution in [0.1, 0.15) is 28.8 Å². The first kappa shape index (κ1) is 12.8. The van der Waals surface area contributed by atoms with Crippen LogP contribution in [0.5, 0.6) is 0 Å². The van der Waals surface area contributed by atoms with Crippen LogP contribution >= 0.6 is 0 Å². The highest BCUT2D eigenvalue weighted by atomic mass is 16.5. The Kier molecular flexibility index (Phi) is 4.12. The molecule has 0 aliphatic heterocycles. The first-order chi connectivity index (χ1) is 8.70. The van der Waals surface area contributed by atoms with Crippen LogP contribution in [0.25, 0.3) is 0 Å². The van der Waals surface area contributed by atoms with Crippen molar-refractivity contribution in [3.8, 4) is 0 Å². The molecule has 2 aromatic rings. The number of benzene rings is 1. The molecule has 0 radical (unpaired) electrons. The summed E-state index contributed by atoms with van der Waals surface area (Å²) in [7, 11) is 1.67. The number of aromatic nitrogens is 2. The molecule has 2 rings (SSSR count). The summed E-state index contributed by atoms with van der Waals surface area (Å²) in [6, 6.07) is 10.0. The molecule has 1 unspecified atom stereocenters. The predicted molar refractivity (Wildman–Crippen MR) is 71.1 cm³/mol. The summed E-state index contributed by atoms with van der Waals surface area (Å²) in [5.41, 5.74) is 9.29. The number of nitrogens with two attached hydrogens (primary N) is 1. The van der Waals surface area contributed by atoms with Crippen molar-refractivity contribution in [2.24, 2.45) is 5.73 Å². The van der Waals surface area contributed by atoms with Gasteiger partial charge in [-0.1, -0.05) is 30.3 Å². The van der Waals surface area contributed by atoms with E-state index in [0.29, 0.717) is 13.0 Å². The average molecular weight is 245 g/mol. The molecule has 0 aliphatic carbocycles. The van der Waals surface area contributed by atoms with Crippen molar-refractivity contribution < 1.29 is 4.74 Å². The van der Waals surface area contributed by atoms with E-state index in [4.69, 9.17) is 10.5 Å². The molecule has 18 heavy (non-hydrogen) atoms. The lowest BCUT2D eigenvalue weighted by molar-refractivity contribution is 0.181. The molecular weight excluding hydrogens is 226 g/mol. The number of hydrogen-bond donors (Lipinski definition) is 2. The summed E-state index contributed by atoms with van der Waals surface area (Å²) in [6.07, 6.45) is 0.703. The topological polar surface area (TPSA) is 63.9 Å². The smallest absolute Gasteiger partial charge is 0.108 e. The third kappa shape index (κ3) is 2.97. The average Bonchev–Trinajstić information content (AvgIpc) is 2.71. The van der Waals surface area contributed by atoms with Gasteiger partial charge in [-0.2, -0.15) is 0 Å². The SMILES string of the molecule is COCc1nc(CC(N)c2ccccc2)[nH]c1C. The Labute approximate surface area is 107 Å². The van der Waals surface area contributed by atoms with E-state index < -0.39 is 0 Å². The molecule has 0 bridgehead atoms. The molecule has 1 aromatic carbocycles. The second-order valence-electron chi connectivity index (χ2n) is 4.41. The monoisotopic (exact) mass is 245 g/mol. The van der Waals surface area contributed by atoms with Crippen LogP contribution in [0.4, 0.5) is 0 Å². The Morgan fingerprint density at radius 1 is 1.33 bits per heavy atom. The number of H-pyrrole nitrogens is 1. The van der Waals surface area contributed by atoms with Crippen LogP contribution in [-0.4, -0.2) is 17.1 Å². The van der Waals surface area contributed by atoms with Gasteiger partial charge in [0.15, 0.2) is 0 Å². The molecule has 0 spiro atoms. The van der Waals surface area contributed by atoms with Gasteiger partial charge in [0.1, 0.15) is 5.82 Å². The number of rotatable bonds is 5. The number of methoxy groups -OCH3 is 1. The molecule has 4 nitrogen and oxygen atoms in total. The van der Waals surface area contributed by atoms with E-state index in [9.17, 15) is 0 Å². The Morgan fingerprint density at radius 3 is 2.72 bits per heavy atom. The Hall–Kier alpha value is -1.65. The number of hydrogen-bond acceptors (Lipinski definition) is 3. The second kappa shape index (κ2) is 5.80. The van der Waals surface area contributed by atoms with E-state index in [-0.39, 0.29) is 6.04 Å². The Balaban J connectivity index is 2.07. The Morgan fingerprint density at radius 2 is 2.06 bits per heavy atom. The lowest BCUT2D eigenvalue weighted by Gasteiger charge is -2.09. The summed E-state index contributed by atoms with van der Waals surface area (Å²) in [5, 5.41) is 0. The molecular formula is C14H19N3O. The molecule has 0 fully saturated rings. The summed E-state index contributed by atoms with van der Waals surface area (Å²) in [4.78, 5) is 7.76. The largest absolute Gasteiger partial charge is 0.378 e. The van der Waals surface area contributed by atoms with Crippen molar-refractivity contribution in [1.82, 2.24) is 9.97 Å². The highest BCUT2D eigenvalue weighted by Crippen LogP contribution is 2.15. The van der Waals surface area contributed by atoms with Gasteiger partial charge < -0.3 is 15.5 Å². The summed E-state index contributed by atoms with van der Waals surface area (Å²) in [6.45, 7) is 2.53. The zero-order valence-electron chi connectivity index (χ0n) is 10.8. The van der Waals surface area contributed by atoms with Crippen LogP contribution in [-0.2, 0) is 17.8 Å². The predicted octanol–water partition coefficient (Wildman–Crippen LogP) is 2.11. The van der Waals surface area contributed by atoms with Gasteiger partial charge >= 0.3 is 0 Å². The van der Waals surface area contributed by atoms with E-state index >= 15 is 0 Å². The van der Waals surface area contributed by atoms with Crippen molar-refractivity contribution in [3.05, 3.63) is 53.1 Å². The van der Waals surface area contributed by atoms with E-state index in [0.717, 1.165) is 22.8 Å². The van der Waals surface area contributed by atoms with Crippen LogP contribution in [0.15, 0.2) is 30.3 Å². The maximum absolute atomic E-state index is 6.17. The number of imidazole rings is 1. The van der Waals surface area contributed by atoms with Crippen molar-refractivity contribution in [3.63, 3.8) is 0 Å². The van der Waals surface area contributed by atoms with Gasteiger partial charge in [0.05, 0.1) is 12.3 Å². The van der Waals surface area contributed by atoms with Gasteiger partial charge in [0.2, 0.25) is 0 Å². The van der Waals surface area contributed by atoms with Gasteiger partial charge in [-0.25, -0.2) is 4.98 Å². The fourth-order valence-corrected chi connectivity index (χ4v) is 1.96. The number of aryl methyl sites for hydroxylation is 1. The number of ether oxygens (including phenoxy) is 1. The fourth-order valence-electron chi connectivity index (χ4n) is 1.96. The highest BCUT2D eigenvalue weighted by Gasteiger charge is 2.11. The minimum atomic E-state index is -0.0351. The van der Waals surface area contributed by atoms with Crippen LogP contribution in [0, 0.1) is 6.92 Å². The van der Waals surface area contributed by atoms with Crippen LogP contribution in [0.3, 0.4) is 0 Å². The summed E-state index contributed by atoms with van der Waals surface area (Å²) >= 11 is 0. The van der Waals surface area contributed by atoms with Gasteiger partial charge in [0.25, 0.3) is 0 Å². The second-order valence-corrected chi connectivity index (χ2v) is 4.41. The third-order valence-corrected chi connectivity index (χ3v) is 2.96. The molecule has 1 heterocycles. The van der Waals surface area contributed by atoms with Gasteiger partial charge in [-0.3, -0.25) is 0 Å². The van der Waals surface area contributed by atoms with Crippen LogP contribution < -0.4 is 5.73 Å². The molecule has 0 saturated carbocycles. The molecule has 1 aromatic heterocycles. The maximum atomic E-state index is 6.17. The van der Waals surface area contributed by atoms with Crippen molar-refractivity contribution in [2.45, 2.75) is 26.0 Å². The lowest BCUT2D eigenvalue weighted by Crippen LogP contribution is -2.14. The van der Waals surface area contributed by atoms with E-state index in [2.05, 4.69) is 9.97 Å². The molecule has 1 atom stereocenters. The first-order valence-corrected chi connectivity index (χ1v) is 6.04. The zero-order chi connectivity index (χ0) is 13.0. The number of nitrogens with one attached hydrogen (secondary N) is 1. The molecule has 4 heteroatoms. The standard InChI is InChI=1S/C14H19N3O/c1-10-13(9-18-2)17-14(16-10)8-12(15)11-6-4-3-5-7-11/h3-7,12H,8-9,15H2,1-2H3,(H,16,17). The first-order valence-electron chi connectivity index (χ1n) is 6.04. The number of nitrogens with zero attached hydrogens (tertiary/aromatic N) is 1. The van der Waals surface area contributed by atoms with Gasteiger partial charge in [-0.05, 0) is 12.5 Å². The third-order valence-electron chi connectivity index (χ3n) is 2.96. The van der Waals surface area contributed by atoms with Crippen molar-refractivity contribution >= 4 is 0 Å². The lowest BCUT2D eigenvalue weighted by atomic mass is 10.0. The highest BCUT2D eigenvalue weighted by molar-refractivity contribution is 5.20. The molecule has 0 saturated heterocycles. The molecule has 96 valence electrons. The van der Waals surface area contributed by atoms with Crippen molar-refractivity contribution in [2.75, 3.05) is 7.11 Å². The van der Waals surface area contributed by atoms with E-state index in [1.807, 2.05) is 37.3 Å². The summed E-state index contributed by atoms with van der Waals surface area (Å²) < 4.78 is 5.10. The zero-order valence-corrected chi connectivity index (χ0v) is 10.8. The Bertz CT molecular complexity index is 493. The fraction of sp³-hybridized carbons (Fsp3) is 0.357. The molecule has 3 N–H and O–H groups in total.